The van der Waals surface area contributed by atoms with E-state index in [2.05, 4.69) is 10.3 Å². The van der Waals surface area contributed by atoms with Crippen molar-refractivity contribution in [3.63, 3.8) is 0 Å². The maximum absolute atomic E-state index is 11.4. The largest absolute Gasteiger partial charge is 0.495 e. The molecule has 8 heteroatoms. The third-order valence-corrected chi connectivity index (χ3v) is 4.62. The van der Waals surface area contributed by atoms with Gasteiger partial charge in [0.2, 0.25) is 0 Å². The first-order chi connectivity index (χ1) is 9.84. The fourth-order valence-corrected chi connectivity index (χ4v) is 3.75. The van der Waals surface area contributed by atoms with E-state index < -0.39 is 9.84 Å². The molecule has 0 spiro atoms. The molecule has 22 heavy (non-hydrogen) atoms. The molecule has 0 amide bonds. The molecule has 1 aromatic rings. The van der Waals surface area contributed by atoms with Crippen molar-refractivity contribution in [2.24, 2.45) is 16.1 Å². The van der Waals surface area contributed by atoms with Gasteiger partial charge in [-0.05, 0) is 25.0 Å². The number of anilines is 1. The monoisotopic (exact) mass is 439 g/mol. The van der Waals surface area contributed by atoms with E-state index in [0.29, 0.717) is 12.3 Å². The summed E-state index contributed by atoms with van der Waals surface area (Å²) in [5.41, 5.74) is 6.37. The van der Waals surface area contributed by atoms with Gasteiger partial charge in [0.05, 0.1) is 18.6 Å². The number of para-hydroxylation sites is 2. The molecular formula is C14H22IN3O3S. The second-order valence-electron chi connectivity index (χ2n) is 5.60. The van der Waals surface area contributed by atoms with E-state index in [1.54, 1.807) is 7.11 Å². The highest BCUT2D eigenvalue weighted by Gasteiger charge is 2.45. The molecular weight excluding hydrogens is 417 g/mol. The Morgan fingerprint density at radius 2 is 2.05 bits per heavy atom. The quantitative estimate of drug-likeness (QED) is 0.401. The second kappa shape index (κ2) is 7.49. The Labute approximate surface area is 148 Å². The van der Waals surface area contributed by atoms with Gasteiger partial charge in [-0.25, -0.2) is 8.42 Å². The maximum Gasteiger partial charge on any atom is 0.193 e. The zero-order valence-corrected chi connectivity index (χ0v) is 15.9. The van der Waals surface area contributed by atoms with Crippen molar-refractivity contribution in [2.45, 2.75) is 12.8 Å². The Kier molecular flexibility index (Phi) is 6.48. The molecule has 2 rings (SSSR count). The van der Waals surface area contributed by atoms with Crippen LogP contribution >= 0.6 is 24.0 Å². The molecule has 0 heterocycles. The summed E-state index contributed by atoms with van der Waals surface area (Å²) in [5.74, 6) is 1.11. The lowest BCUT2D eigenvalue weighted by Crippen LogP contribution is -2.26. The first-order valence-corrected chi connectivity index (χ1v) is 8.77. The summed E-state index contributed by atoms with van der Waals surface area (Å²) in [4.78, 5) is 4.28. The summed E-state index contributed by atoms with van der Waals surface area (Å²) >= 11 is 0. The van der Waals surface area contributed by atoms with Gasteiger partial charge in [0.1, 0.15) is 15.6 Å². The number of hydrogen-bond donors (Lipinski definition) is 2. The van der Waals surface area contributed by atoms with Crippen molar-refractivity contribution in [1.29, 1.82) is 0 Å². The molecule has 1 fully saturated rings. The highest BCUT2D eigenvalue weighted by Crippen LogP contribution is 2.46. The normalized spacial score (nSPS) is 16.5. The molecule has 1 aliphatic rings. The van der Waals surface area contributed by atoms with Gasteiger partial charge < -0.3 is 15.8 Å². The van der Waals surface area contributed by atoms with Gasteiger partial charge in [0.15, 0.2) is 5.96 Å². The van der Waals surface area contributed by atoms with Crippen LogP contribution in [-0.4, -0.2) is 40.0 Å². The molecule has 0 atom stereocenters. The molecule has 0 saturated heterocycles. The van der Waals surface area contributed by atoms with Crippen LogP contribution in [0.2, 0.25) is 0 Å². The van der Waals surface area contributed by atoms with E-state index in [-0.39, 0.29) is 41.1 Å². The number of guanidine groups is 1. The van der Waals surface area contributed by atoms with E-state index in [9.17, 15) is 8.42 Å². The van der Waals surface area contributed by atoms with Gasteiger partial charge in [0.25, 0.3) is 0 Å². The molecule has 1 aromatic carbocycles. The number of methoxy groups -OCH3 is 1. The fourth-order valence-electron chi connectivity index (χ4n) is 2.26. The van der Waals surface area contributed by atoms with Gasteiger partial charge in [-0.3, -0.25) is 4.99 Å². The predicted molar refractivity (Wildman–Crippen MR) is 99.9 cm³/mol. The van der Waals surface area contributed by atoms with Crippen molar-refractivity contribution in [3.05, 3.63) is 24.3 Å². The van der Waals surface area contributed by atoms with E-state index in [0.717, 1.165) is 18.5 Å². The zero-order valence-electron chi connectivity index (χ0n) is 12.7. The van der Waals surface area contributed by atoms with Crippen LogP contribution in [0.15, 0.2) is 29.3 Å². The molecule has 0 aliphatic heterocycles. The van der Waals surface area contributed by atoms with Crippen LogP contribution in [-0.2, 0) is 9.84 Å². The molecule has 3 N–H and O–H groups in total. The van der Waals surface area contributed by atoms with Crippen LogP contribution in [0.4, 0.5) is 5.69 Å². The zero-order chi connectivity index (χ0) is 15.5. The highest BCUT2D eigenvalue weighted by molar-refractivity contribution is 14.0. The van der Waals surface area contributed by atoms with Crippen molar-refractivity contribution >= 4 is 45.5 Å². The molecule has 124 valence electrons. The minimum absolute atomic E-state index is 0. The van der Waals surface area contributed by atoms with Crippen molar-refractivity contribution in [2.75, 3.05) is 31.0 Å². The van der Waals surface area contributed by atoms with Crippen LogP contribution < -0.4 is 15.8 Å². The number of ether oxygens (including phenoxy) is 1. The van der Waals surface area contributed by atoms with Crippen LogP contribution in [0.3, 0.4) is 0 Å². The number of benzene rings is 1. The van der Waals surface area contributed by atoms with Gasteiger partial charge >= 0.3 is 0 Å². The number of hydrogen-bond acceptors (Lipinski definition) is 4. The van der Waals surface area contributed by atoms with Gasteiger partial charge in [-0.1, -0.05) is 12.1 Å². The summed E-state index contributed by atoms with van der Waals surface area (Å²) < 4.78 is 28.0. The topological polar surface area (TPSA) is 93.8 Å². The van der Waals surface area contributed by atoms with Gasteiger partial charge in [0, 0.05) is 18.2 Å². The minimum atomic E-state index is -2.99. The van der Waals surface area contributed by atoms with Crippen molar-refractivity contribution in [1.82, 2.24) is 0 Å². The molecule has 0 unspecified atom stereocenters. The molecule has 0 radical (unpaired) electrons. The molecule has 0 aromatic heterocycles. The lowest BCUT2D eigenvalue weighted by molar-refractivity contribution is 0.417. The van der Waals surface area contributed by atoms with Crippen molar-refractivity contribution in [3.8, 4) is 5.75 Å². The van der Waals surface area contributed by atoms with E-state index >= 15 is 0 Å². The first-order valence-electron chi connectivity index (χ1n) is 6.71. The Balaban J connectivity index is 0.00000242. The number of aliphatic imine (C=N–C) groups is 1. The Bertz CT molecular complexity index is 642. The average Bonchev–Trinajstić information content (AvgIpc) is 3.15. The summed E-state index contributed by atoms with van der Waals surface area (Å²) in [6.45, 7) is 0.425. The molecule has 6 nitrogen and oxygen atoms in total. The lowest BCUT2D eigenvalue weighted by Gasteiger charge is -2.13. The Morgan fingerprint density at radius 1 is 1.41 bits per heavy atom. The summed E-state index contributed by atoms with van der Waals surface area (Å²) in [6, 6.07) is 7.39. The Hall–Kier alpha value is -1.03. The minimum Gasteiger partial charge on any atom is -0.495 e. The molecule has 0 bridgehead atoms. The fraction of sp³-hybridized carbons (Fsp3) is 0.500. The molecule has 1 aliphatic carbocycles. The number of nitrogens with one attached hydrogen (secondary N) is 1. The van der Waals surface area contributed by atoms with Gasteiger partial charge in [-0.15, -0.1) is 24.0 Å². The highest BCUT2D eigenvalue weighted by atomic mass is 127. The smallest absolute Gasteiger partial charge is 0.193 e. The standard InChI is InChI=1S/C14H21N3O3S.HI/c1-20-12-6-4-3-5-11(12)17-13(15)16-9-14(7-8-14)10-21(2,18)19;/h3-6H,7-10H2,1-2H3,(H3,15,16,17);1H. The van der Waals surface area contributed by atoms with Crippen LogP contribution in [0.5, 0.6) is 5.75 Å². The summed E-state index contributed by atoms with van der Waals surface area (Å²) in [5, 5.41) is 2.98. The van der Waals surface area contributed by atoms with Crippen LogP contribution in [0, 0.1) is 5.41 Å². The first kappa shape index (κ1) is 19.0. The van der Waals surface area contributed by atoms with Gasteiger partial charge in [-0.2, -0.15) is 0 Å². The number of nitrogens with zero attached hydrogens (tertiary/aromatic N) is 1. The number of rotatable bonds is 6. The second-order valence-corrected chi connectivity index (χ2v) is 7.74. The lowest BCUT2D eigenvalue weighted by atomic mass is 10.1. The molecule has 1 saturated carbocycles. The number of nitrogens with two attached hydrogens (primary N) is 1. The van der Waals surface area contributed by atoms with Crippen LogP contribution in [0.25, 0.3) is 0 Å². The average molecular weight is 439 g/mol. The third-order valence-electron chi connectivity index (χ3n) is 3.48. The van der Waals surface area contributed by atoms with Crippen LogP contribution in [0.1, 0.15) is 12.8 Å². The SMILES string of the molecule is COc1ccccc1NC(N)=NCC1(CS(C)(=O)=O)CC1.I. The van der Waals surface area contributed by atoms with Crippen molar-refractivity contribution < 1.29 is 13.2 Å². The Morgan fingerprint density at radius 3 is 2.59 bits per heavy atom. The predicted octanol–water partition coefficient (Wildman–Crippen LogP) is 1.86. The maximum atomic E-state index is 11.4. The summed E-state index contributed by atoms with van der Waals surface area (Å²) in [6.07, 6.45) is 3.02. The van der Waals surface area contributed by atoms with E-state index in [1.807, 2.05) is 24.3 Å². The van der Waals surface area contributed by atoms with E-state index in [4.69, 9.17) is 10.5 Å². The summed E-state index contributed by atoms with van der Waals surface area (Å²) in [7, 11) is -1.40. The number of sulfone groups is 1. The number of halogens is 1. The van der Waals surface area contributed by atoms with E-state index in [1.165, 1.54) is 6.26 Å². The third kappa shape index (κ3) is 5.64.